The van der Waals surface area contributed by atoms with Crippen LogP contribution in [0.15, 0.2) is 54.6 Å². The predicted molar refractivity (Wildman–Crippen MR) is 108 cm³/mol. The number of piperidine rings is 1. The van der Waals surface area contributed by atoms with E-state index in [4.69, 9.17) is 0 Å². The number of halogens is 1. The molecular weight excluding hydrogens is 339 g/mol. The molecule has 0 aromatic heterocycles. The van der Waals surface area contributed by atoms with Crippen LogP contribution in [0.2, 0.25) is 0 Å². The fraction of sp³-hybridized carbons (Fsp3) is 0.435. The summed E-state index contributed by atoms with van der Waals surface area (Å²) in [6.07, 6.45) is 4.42. The third-order valence-electron chi connectivity index (χ3n) is 5.51. The molecule has 3 nitrogen and oxygen atoms in total. The molecule has 1 aliphatic rings. The Morgan fingerprint density at radius 1 is 1.11 bits per heavy atom. The Bertz CT molecular complexity index is 711. The standard InChI is InChI=1S/C23H29FN2O/c1-2-23(27)26(21-11-9-20(24)10-12-21)22(19-14-16-25-17-15-19)13-8-18-6-4-3-5-7-18/h3-7,9-12,19,22,25H,2,8,13-17H2,1H3. The number of hydrogen-bond acceptors (Lipinski definition) is 2. The molecule has 1 amide bonds. The molecular formula is C23H29FN2O. The van der Waals surface area contributed by atoms with Crippen molar-refractivity contribution in [3.8, 4) is 0 Å². The van der Waals surface area contributed by atoms with Crippen molar-refractivity contribution in [1.29, 1.82) is 0 Å². The van der Waals surface area contributed by atoms with Crippen molar-refractivity contribution in [2.24, 2.45) is 5.92 Å². The summed E-state index contributed by atoms with van der Waals surface area (Å²) in [4.78, 5) is 14.9. The van der Waals surface area contributed by atoms with Crippen LogP contribution in [0.1, 0.15) is 38.2 Å². The van der Waals surface area contributed by atoms with E-state index in [-0.39, 0.29) is 17.8 Å². The van der Waals surface area contributed by atoms with Crippen molar-refractivity contribution in [2.45, 2.75) is 45.1 Å². The second-order valence-electron chi connectivity index (χ2n) is 7.27. The van der Waals surface area contributed by atoms with E-state index in [0.29, 0.717) is 12.3 Å². The van der Waals surface area contributed by atoms with E-state index in [1.165, 1.54) is 17.7 Å². The molecule has 2 aromatic carbocycles. The lowest BCUT2D eigenvalue weighted by Crippen LogP contribution is -2.48. The Morgan fingerprint density at radius 3 is 2.41 bits per heavy atom. The fourth-order valence-electron chi connectivity index (χ4n) is 4.06. The summed E-state index contributed by atoms with van der Waals surface area (Å²) in [6.45, 7) is 3.88. The Kier molecular flexibility index (Phi) is 6.99. The maximum atomic E-state index is 13.4. The van der Waals surface area contributed by atoms with Crippen LogP contribution in [-0.2, 0) is 11.2 Å². The predicted octanol–water partition coefficient (Wildman–Crippen LogP) is 4.57. The first-order valence-electron chi connectivity index (χ1n) is 10.0. The minimum Gasteiger partial charge on any atom is -0.317 e. The highest BCUT2D eigenvalue weighted by Gasteiger charge is 2.32. The number of rotatable bonds is 7. The second kappa shape index (κ2) is 9.65. The van der Waals surface area contributed by atoms with Crippen LogP contribution in [0.5, 0.6) is 0 Å². The van der Waals surface area contributed by atoms with Gasteiger partial charge in [0.05, 0.1) is 0 Å². The number of anilines is 1. The normalized spacial score (nSPS) is 16.1. The number of aryl methyl sites for hydroxylation is 1. The fourth-order valence-corrected chi connectivity index (χ4v) is 4.06. The minimum atomic E-state index is -0.273. The highest BCUT2D eigenvalue weighted by atomic mass is 19.1. The van der Waals surface area contributed by atoms with E-state index in [2.05, 4.69) is 29.6 Å². The SMILES string of the molecule is CCC(=O)N(c1ccc(F)cc1)C(CCc1ccccc1)C1CCNCC1. The van der Waals surface area contributed by atoms with Crippen LogP contribution in [0, 0.1) is 11.7 Å². The van der Waals surface area contributed by atoms with E-state index in [0.717, 1.165) is 44.5 Å². The van der Waals surface area contributed by atoms with Gasteiger partial charge in [-0.1, -0.05) is 37.3 Å². The van der Waals surface area contributed by atoms with Crippen LogP contribution in [0.4, 0.5) is 10.1 Å². The van der Waals surface area contributed by atoms with Crippen LogP contribution in [0.3, 0.4) is 0 Å². The maximum Gasteiger partial charge on any atom is 0.226 e. The van der Waals surface area contributed by atoms with Crippen LogP contribution >= 0.6 is 0 Å². The summed E-state index contributed by atoms with van der Waals surface area (Å²) >= 11 is 0. The number of carbonyl (C=O) groups is 1. The molecule has 1 atom stereocenters. The summed E-state index contributed by atoms with van der Waals surface area (Å²) in [5.74, 6) is 0.291. The Balaban J connectivity index is 1.88. The Labute approximate surface area is 161 Å². The van der Waals surface area contributed by atoms with Crippen molar-refractivity contribution in [3.05, 3.63) is 66.0 Å². The van der Waals surface area contributed by atoms with Crippen LogP contribution in [-0.4, -0.2) is 25.0 Å². The molecule has 27 heavy (non-hydrogen) atoms. The number of hydrogen-bond donors (Lipinski definition) is 1. The zero-order valence-electron chi connectivity index (χ0n) is 16.0. The van der Waals surface area contributed by atoms with Gasteiger partial charge in [-0.25, -0.2) is 4.39 Å². The molecule has 3 rings (SSSR count). The quantitative estimate of drug-likeness (QED) is 0.776. The Hall–Kier alpha value is -2.20. The minimum absolute atomic E-state index is 0.109. The van der Waals surface area contributed by atoms with Gasteiger partial charge in [0.2, 0.25) is 5.91 Å². The van der Waals surface area contributed by atoms with Gasteiger partial charge >= 0.3 is 0 Å². The van der Waals surface area contributed by atoms with Gasteiger partial charge in [-0.3, -0.25) is 4.79 Å². The third kappa shape index (κ3) is 5.16. The van der Waals surface area contributed by atoms with Gasteiger partial charge < -0.3 is 10.2 Å². The molecule has 0 radical (unpaired) electrons. The van der Waals surface area contributed by atoms with E-state index in [1.807, 2.05) is 17.9 Å². The van der Waals surface area contributed by atoms with E-state index < -0.39 is 0 Å². The van der Waals surface area contributed by atoms with Crippen LogP contribution in [0.25, 0.3) is 0 Å². The summed E-state index contributed by atoms with van der Waals surface area (Å²) in [7, 11) is 0. The zero-order chi connectivity index (χ0) is 19.1. The molecule has 1 aliphatic heterocycles. The van der Waals surface area contributed by atoms with Crippen molar-refractivity contribution >= 4 is 11.6 Å². The van der Waals surface area contributed by atoms with Crippen LogP contribution < -0.4 is 10.2 Å². The molecule has 4 heteroatoms. The van der Waals surface area contributed by atoms with Crippen molar-refractivity contribution in [3.63, 3.8) is 0 Å². The van der Waals surface area contributed by atoms with Gasteiger partial charge in [-0.2, -0.15) is 0 Å². The van der Waals surface area contributed by atoms with Crippen molar-refractivity contribution in [2.75, 3.05) is 18.0 Å². The summed E-state index contributed by atoms with van der Waals surface area (Å²) in [5, 5.41) is 3.42. The lowest BCUT2D eigenvalue weighted by Gasteiger charge is -2.39. The van der Waals surface area contributed by atoms with Crippen molar-refractivity contribution in [1.82, 2.24) is 5.32 Å². The highest BCUT2D eigenvalue weighted by Crippen LogP contribution is 2.30. The zero-order valence-corrected chi connectivity index (χ0v) is 16.0. The summed E-state index contributed by atoms with van der Waals surface area (Å²) in [5.41, 5.74) is 2.10. The largest absolute Gasteiger partial charge is 0.317 e. The first-order chi connectivity index (χ1) is 13.2. The molecule has 1 saturated heterocycles. The van der Waals surface area contributed by atoms with Gasteiger partial charge in [0.25, 0.3) is 0 Å². The monoisotopic (exact) mass is 368 g/mol. The molecule has 0 spiro atoms. The highest BCUT2D eigenvalue weighted by molar-refractivity contribution is 5.93. The lowest BCUT2D eigenvalue weighted by atomic mass is 9.85. The van der Waals surface area contributed by atoms with Gasteiger partial charge in [0, 0.05) is 18.2 Å². The molecule has 1 fully saturated rings. The Morgan fingerprint density at radius 2 is 1.78 bits per heavy atom. The van der Waals surface area contributed by atoms with Gasteiger partial charge in [-0.15, -0.1) is 0 Å². The molecule has 0 aliphatic carbocycles. The average Bonchev–Trinajstić information content (AvgIpc) is 2.73. The molecule has 2 aromatic rings. The number of benzene rings is 2. The molecule has 0 saturated carbocycles. The molecule has 1 N–H and O–H groups in total. The van der Waals surface area contributed by atoms with Gasteiger partial charge in [0.1, 0.15) is 5.82 Å². The molecule has 144 valence electrons. The molecule has 1 unspecified atom stereocenters. The van der Waals surface area contributed by atoms with E-state index in [1.54, 1.807) is 12.1 Å². The number of carbonyl (C=O) groups excluding carboxylic acids is 1. The molecule has 0 bridgehead atoms. The topological polar surface area (TPSA) is 32.3 Å². The number of amides is 1. The summed E-state index contributed by atoms with van der Waals surface area (Å²) in [6, 6.07) is 16.9. The first-order valence-corrected chi connectivity index (χ1v) is 10.0. The summed E-state index contributed by atoms with van der Waals surface area (Å²) < 4.78 is 13.4. The van der Waals surface area contributed by atoms with E-state index >= 15 is 0 Å². The third-order valence-corrected chi connectivity index (χ3v) is 5.51. The van der Waals surface area contributed by atoms with Gasteiger partial charge in [0.15, 0.2) is 0 Å². The molecule has 1 heterocycles. The number of nitrogens with zero attached hydrogens (tertiary/aromatic N) is 1. The smallest absolute Gasteiger partial charge is 0.226 e. The second-order valence-corrected chi connectivity index (χ2v) is 7.27. The van der Waals surface area contributed by atoms with Gasteiger partial charge in [-0.05, 0) is 74.5 Å². The van der Waals surface area contributed by atoms with Crippen molar-refractivity contribution < 1.29 is 9.18 Å². The lowest BCUT2D eigenvalue weighted by molar-refractivity contribution is -0.119. The number of nitrogens with one attached hydrogen (secondary N) is 1. The maximum absolute atomic E-state index is 13.4. The first kappa shape index (κ1) is 19.6. The average molecular weight is 368 g/mol. The van der Waals surface area contributed by atoms with E-state index in [9.17, 15) is 9.18 Å².